The van der Waals surface area contributed by atoms with Gasteiger partial charge in [0, 0.05) is 12.5 Å². The Morgan fingerprint density at radius 1 is 1.09 bits per heavy atom. The highest BCUT2D eigenvalue weighted by atomic mass is 32.2. The van der Waals surface area contributed by atoms with Gasteiger partial charge in [0.2, 0.25) is 0 Å². The number of nitriles is 2. The van der Waals surface area contributed by atoms with Gasteiger partial charge in [0.25, 0.3) is 0 Å². The summed E-state index contributed by atoms with van der Waals surface area (Å²) in [6, 6.07) is 13.3. The Morgan fingerprint density at radius 2 is 1.78 bits per heavy atom. The number of ketones is 2. The number of aromatic nitrogens is 1. The molecule has 0 saturated heterocycles. The number of carbonyl (C=O) groups is 2. The number of carbonyl (C=O) groups excluding carboxylic acids is 2. The second-order valence-electron chi connectivity index (χ2n) is 4.62. The van der Waals surface area contributed by atoms with E-state index in [-0.39, 0.29) is 23.0 Å². The molecule has 0 fully saturated rings. The Labute approximate surface area is 137 Å². The number of hydrogen-bond donors (Lipinski definition) is 0. The third-order valence-corrected chi connectivity index (χ3v) is 4.01. The minimum Gasteiger partial charge on any atom is -0.293 e. The maximum Gasteiger partial charge on any atom is 0.178 e. The first-order valence-electron chi connectivity index (χ1n) is 6.63. The molecule has 112 valence electrons. The van der Waals surface area contributed by atoms with E-state index in [9.17, 15) is 9.59 Å². The lowest BCUT2D eigenvalue weighted by Gasteiger charge is -2.05. The van der Waals surface area contributed by atoms with E-state index in [1.54, 1.807) is 24.3 Å². The van der Waals surface area contributed by atoms with Gasteiger partial charge >= 0.3 is 0 Å². The molecule has 0 radical (unpaired) electrons. The van der Waals surface area contributed by atoms with Crippen molar-refractivity contribution in [3.8, 4) is 12.1 Å². The molecule has 23 heavy (non-hydrogen) atoms. The quantitative estimate of drug-likeness (QED) is 0.620. The summed E-state index contributed by atoms with van der Waals surface area (Å²) in [4.78, 5) is 27.7. The van der Waals surface area contributed by atoms with Crippen molar-refractivity contribution < 1.29 is 9.59 Å². The third-order valence-electron chi connectivity index (χ3n) is 3.02. The monoisotopic (exact) mass is 321 g/mol. The number of pyridine rings is 1. The van der Waals surface area contributed by atoms with Crippen LogP contribution in [0.4, 0.5) is 0 Å². The number of thioether (sulfide) groups is 1. The molecule has 1 heterocycles. The predicted octanol–water partition coefficient (Wildman–Crippen LogP) is 3.00. The van der Waals surface area contributed by atoms with Crippen LogP contribution < -0.4 is 0 Å². The fourth-order valence-corrected chi connectivity index (χ4v) is 2.65. The van der Waals surface area contributed by atoms with Crippen molar-refractivity contribution in [3.63, 3.8) is 0 Å². The lowest BCUT2D eigenvalue weighted by Crippen LogP contribution is -2.04. The molecular weight excluding hydrogens is 310 g/mol. The summed E-state index contributed by atoms with van der Waals surface area (Å²) in [5, 5.41) is 18.2. The maximum atomic E-state index is 12.2. The fourth-order valence-electron chi connectivity index (χ4n) is 1.78. The van der Waals surface area contributed by atoms with Crippen LogP contribution in [0.1, 0.15) is 38.9 Å². The lowest BCUT2D eigenvalue weighted by atomic mass is 10.1. The normalized spacial score (nSPS) is 9.70. The molecule has 0 N–H and O–H groups in total. The number of benzene rings is 1. The van der Waals surface area contributed by atoms with Gasteiger partial charge in [-0.2, -0.15) is 10.5 Å². The summed E-state index contributed by atoms with van der Waals surface area (Å²) in [7, 11) is 0. The van der Waals surface area contributed by atoms with E-state index >= 15 is 0 Å². The Bertz CT molecular complexity index is 846. The van der Waals surface area contributed by atoms with Crippen LogP contribution in [0, 0.1) is 22.7 Å². The largest absolute Gasteiger partial charge is 0.293 e. The number of rotatable bonds is 5. The van der Waals surface area contributed by atoms with E-state index in [1.807, 2.05) is 12.1 Å². The SMILES string of the molecule is CC(=O)c1ccc(C#N)c(SCC(=O)c2ccc(C#N)cc2)n1. The van der Waals surface area contributed by atoms with Gasteiger partial charge in [-0.05, 0) is 24.3 Å². The molecule has 0 aliphatic heterocycles. The minimum absolute atomic E-state index is 0.0922. The average molecular weight is 321 g/mol. The Kier molecular flexibility index (Phi) is 5.24. The van der Waals surface area contributed by atoms with Crippen molar-refractivity contribution in [1.29, 1.82) is 10.5 Å². The second-order valence-corrected chi connectivity index (χ2v) is 5.58. The van der Waals surface area contributed by atoms with Crippen molar-refractivity contribution in [2.75, 3.05) is 5.75 Å². The van der Waals surface area contributed by atoms with Gasteiger partial charge < -0.3 is 0 Å². The molecule has 0 aliphatic rings. The highest BCUT2D eigenvalue weighted by Crippen LogP contribution is 2.22. The lowest BCUT2D eigenvalue weighted by molar-refractivity contribution is 0.100. The standard InChI is InChI=1S/C17H11N3O2S/c1-11(21)15-7-6-14(9-19)17(20-15)23-10-16(22)13-4-2-12(8-18)3-5-13/h2-7H,10H2,1H3. The van der Waals surface area contributed by atoms with Gasteiger partial charge in [-0.3, -0.25) is 9.59 Å². The number of hydrogen-bond acceptors (Lipinski definition) is 6. The van der Waals surface area contributed by atoms with E-state index in [2.05, 4.69) is 4.98 Å². The van der Waals surface area contributed by atoms with Crippen molar-refractivity contribution in [3.05, 3.63) is 58.8 Å². The van der Waals surface area contributed by atoms with Gasteiger partial charge in [0.05, 0.1) is 22.9 Å². The fraction of sp³-hybridized carbons (Fsp3) is 0.118. The summed E-state index contributed by atoms with van der Waals surface area (Å²) < 4.78 is 0. The van der Waals surface area contributed by atoms with E-state index in [0.717, 1.165) is 11.8 Å². The van der Waals surface area contributed by atoms with E-state index < -0.39 is 0 Å². The number of Topliss-reactive ketones (excluding diaryl/α,β-unsaturated/α-hetero) is 2. The molecule has 0 aliphatic carbocycles. The summed E-state index contributed by atoms with van der Waals surface area (Å²) in [6.07, 6.45) is 0. The zero-order valence-electron chi connectivity index (χ0n) is 12.2. The second kappa shape index (κ2) is 7.35. The molecule has 0 unspecified atom stereocenters. The van der Waals surface area contributed by atoms with Gasteiger partial charge in [0.1, 0.15) is 16.8 Å². The summed E-state index contributed by atoms with van der Waals surface area (Å²) in [5.74, 6) is -0.247. The Balaban J connectivity index is 2.15. The predicted molar refractivity (Wildman–Crippen MR) is 85.2 cm³/mol. The van der Waals surface area contributed by atoms with E-state index in [1.165, 1.54) is 19.1 Å². The van der Waals surface area contributed by atoms with Crippen LogP contribution >= 0.6 is 11.8 Å². The first-order valence-corrected chi connectivity index (χ1v) is 7.62. The molecular formula is C17H11N3O2S. The van der Waals surface area contributed by atoms with Crippen LogP contribution in [-0.2, 0) is 0 Å². The molecule has 0 spiro atoms. The maximum absolute atomic E-state index is 12.2. The molecule has 6 heteroatoms. The highest BCUT2D eigenvalue weighted by Gasteiger charge is 2.12. The van der Waals surface area contributed by atoms with Crippen LogP contribution in [0.5, 0.6) is 0 Å². The van der Waals surface area contributed by atoms with Crippen molar-refractivity contribution in [2.24, 2.45) is 0 Å². The van der Waals surface area contributed by atoms with Crippen LogP contribution in [0.25, 0.3) is 0 Å². The van der Waals surface area contributed by atoms with Gasteiger partial charge in [-0.1, -0.05) is 23.9 Å². The minimum atomic E-state index is -0.199. The van der Waals surface area contributed by atoms with Crippen LogP contribution in [-0.4, -0.2) is 22.3 Å². The van der Waals surface area contributed by atoms with Crippen molar-refractivity contribution >= 4 is 23.3 Å². The van der Waals surface area contributed by atoms with Gasteiger partial charge in [-0.25, -0.2) is 4.98 Å². The van der Waals surface area contributed by atoms with Crippen molar-refractivity contribution in [2.45, 2.75) is 11.9 Å². The summed E-state index contributed by atoms with van der Waals surface area (Å²) in [5.41, 5.74) is 1.56. The molecule has 2 rings (SSSR count). The molecule has 1 aromatic carbocycles. The molecule has 0 bridgehead atoms. The Morgan fingerprint density at radius 3 is 2.35 bits per heavy atom. The summed E-state index contributed by atoms with van der Waals surface area (Å²) in [6.45, 7) is 1.39. The van der Waals surface area contributed by atoms with Crippen LogP contribution in [0.15, 0.2) is 41.4 Å². The molecule has 0 saturated carbocycles. The van der Waals surface area contributed by atoms with Gasteiger partial charge in [-0.15, -0.1) is 0 Å². The molecule has 5 nitrogen and oxygen atoms in total. The van der Waals surface area contributed by atoms with E-state index in [4.69, 9.17) is 10.5 Å². The molecule has 0 amide bonds. The highest BCUT2D eigenvalue weighted by molar-refractivity contribution is 8.00. The summed E-state index contributed by atoms with van der Waals surface area (Å²) >= 11 is 1.12. The van der Waals surface area contributed by atoms with Gasteiger partial charge in [0.15, 0.2) is 11.6 Å². The van der Waals surface area contributed by atoms with E-state index in [0.29, 0.717) is 21.7 Å². The third kappa shape index (κ3) is 4.03. The molecule has 2 aromatic rings. The Hall–Kier alpha value is -2.96. The van der Waals surface area contributed by atoms with Crippen molar-refractivity contribution in [1.82, 2.24) is 4.98 Å². The number of nitrogens with zero attached hydrogens (tertiary/aromatic N) is 3. The zero-order chi connectivity index (χ0) is 16.8. The first kappa shape index (κ1) is 16.4. The molecule has 0 atom stereocenters. The topological polar surface area (TPSA) is 94.6 Å². The van der Waals surface area contributed by atoms with Crippen LogP contribution in [0.2, 0.25) is 0 Å². The molecule has 1 aromatic heterocycles. The zero-order valence-corrected chi connectivity index (χ0v) is 13.1. The average Bonchev–Trinajstić information content (AvgIpc) is 2.59. The van der Waals surface area contributed by atoms with Crippen LogP contribution in [0.3, 0.4) is 0 Å². The first-order chi connectivity index (χ1) is 11.0. The smallest absolute Gasteiger partial charge is 0.178 e.